The second kappa shape index (κ2) is 5.44. The Morgan fingerprint density at radius 2 is 2.00 bits per heavy atom. The van der Waals surface area contributed by atoms with Gasteiger partial charge in [0.05, 0.1) is 11.1 Å². The fourth-order valence-corrected chi connectivity index (χ4v) is 1.48. The number of nitrogens with one attached hydrogen (secondary N) is 2. The van der Waals surface area contributed by atoms with Gasteiger partial charge in [0.2, 0.25) is 0 Å². The predicted molar refractivity (Wildman–Crippen MR) is 73.2 cm³/mol. The first-order chi connectivity index (χ1) is 8.76. The molecule has 2 amide bonds. The second-order valence-corrected chi connectivity index (χ2v) is 4.63. The van der Waals surface area contributed by atoms with Crippen molar-refractivity contribution in [3.05, 3.63) is 29.3 Å². The lowest BCUT2D eigenvalue weighted by Crippen LogP contribution is -2.44. The Balaban J connectivity index is 2.90. The topological polar surface area (TPSA) is 78.4 Å². The van der Waals surface area contributed by atoms with Gasteiger partial charge in [-0.2, -0.15) is 0 Å². The molecule has 5 heteroatoms. The molecule has 19 heavy (non-hydrogen) atoms. The molecule has 0 aromatic heterocycles. The second-order valence-electron chi connectivity index (χ2n) is 4.63. The molecule has 0 saturated heterocycles. The summed E-state index contributed by atoms with van der Waals surface area (Å²) in [6.07, 6.45) is 5.27. The number of terminal acetylenes is 1. The number of carbonyl (C=O) groups excluding carboxylic acids is 1. The number of carboxylic acid groups (broad SMARTS) is 1. The molecule has 3 N–H and O–H groups in total. The highest BCUT2D eigenvalue weighted by Crippen LogP contribution is 2.19. The van der Waals surface area contributed by atoms with E-state index in [-0.39, 0.29) is 5.56 Å². The number of amides is 2. The molecule has 0 saturated carbocycles. The molecule has 0 unspecified atom stereocenters. The highest BCUT2D eigenvalue weighted by molar-refractivity contribution is 5.95. The largest absolute Gasteiger partial charge is 0.478 e. The maximum absolute atomic E-state index is 11.8. The van der Waals surface area contributed by atoms with E-state index in [0.29, 0.717) is 11.3 Å². The molecule has 1 aromatic rings. The Labute approximate surface area is 112 Å². The number of hydrogen-bond acceptors (Lipinski definition) is 2. The van der Waals surface area contributed by atoms with Gasteiger partial charge in [0.25, 0.3) is 0 Å². The van der Waals surface area contributed by atoms with Gasteiger partial charge in [-0.3, -0.25) is 0 Å². The van der Waals surface area contributed by atoms with Gasteiger partial charge in [-0.1, -0.05) is 12.0 Å². The van der Waals surface area contributed by atoms with Crippen LogP contribution in [0.25, 0.3) is 0 Å². The maximum Gasteiger partial charge on any atom is 0.336 e. The Kier molecular flexibility index (Phi) is 4.18. The van der Waals surface area contributed by atoms with Crippen LogP contribution in [0.1, 0.15) is 29.8 Å². The lowest BCUT2D eigenvalue weighted by Gasteiger charge is -2.20. The molecule has 0 bridgehead atoms. The minimum absolute atomic E-state index is 0.147. The SMILES string of the molecule is C#CC(C)(C)NC(=O)Nc1cccc(C(=O)O)c1C. The van der Waals surface area contributed by atoms with E-state index >= 15 is 0 Å². The number of hydrogen-bond donors (Lipinski definition) is 3. The lowest BCUT2D eigenvalue weighted by atomic mass is 10.1. The molecule has 0 atom stereocenters. The number of rotatable bonds is 3. The van der Waals surface area contributed by atoms with Crippen LogP contribution in [-0.4, -0.2) is 22.6 Å². The van der Waals surface area contributed by atoms with Crippen molar-refractivity contribution in [2.24, 2.45) is 0 Å². The standard InChI is InChI=1S/C14H16N2O3/c1-5-14(3,4)16-13(19)15-11-8-6-7-10(9(11)2)12(17)18/h1,6-8H,2-4H3,(H,17,18)(H2,15,16,19). The molecule has 0 spiro atoms. The molecule has 0 fully saturated rings. The van der Waals surface area contributed by atoms with Crippen LogP contribution in [0.3, 0.4) is 0 Å². The Morgan fingerprint density at radius 1 is 1.37 bits per heavy atom. The number of carbonyl (C=O) groups is 2. The minimum atomic E-state index is -1.04. The maximum atomic E-state index is 11.8. The smallest absolute Gasteiger partial charge is 0.336 e. The van der Waals surface area contributed by atoms with Crippen LogP contribution in [-0.2, 0) is 0 Å². The number of benzene rings is 1. The zero-order valence-electron chi connectivity index (χ0n) is 11.1. The van der Waals surface area contributed by atoms with Crippen LogP contribution < -0.4 is 10.6 Å². The van der Waals surface area contributed by atoms with Gasteiger partial charge in [0.1, 0.15) is 0 Å². The van der Waals surface area contributed by atoms with Crippen LogP contribution in [0.5, 0.6) is 0 Å². The summed E-state index contributed by atoms with van der Waals surface area (Å²) in [4.78, 5) is 22.7. The van der Waals surface area contributed by atoms with Crippen molar-refractivity contribution in [3.8, 4) is 12.3 Å². The molecule has 0 heterocycles. The van der Waals surface area contributed by atoms with Crippen molar-refractivity contribution in [3.63, 3.8) is 0 Å². The van der Waals surface area contributed by atoms with Crippen molar-refractivity contribution in [1.82, 2.24) is 5.32 Å². The Bertz CT molecular complexity index is 556. The summed E-state index contributed by atoms with van der Waals surface area (Å²) < 4.78 is 0. The van der Waals surface area contributed by atoms with Gasteiger partial charge >= 0.3 is 12.0 Å². The first-order valence-corrected chi connectivity index (χ1v) is 5.66. The number of urea groups is 1. The van der Waals surface area contributed by atoms with Gasteiger partial charge in [-0.15, -0.1) is 6.42 Å². The summed E-state index contributed by atoms with van der Waals surface area (Å²) in [6, 6.07) is 4.20. The quantitative estimate of drug-likeness (QED) is 0.729. The highest BCUT2D eigenvalue weighted by Gasteiger charge is 2.18. The van der Waals surface area contributed by atoms with E-state index in [9.17, 15) is 9.59 Å². The van der Waals surface area contributed by atoms with Crippen molar-refractivity contribution in [2.45, 2.75) is 26.3 Å². The number of carboxylic acids is 1. The van der Waals surface area contributed by atoms with E-state index in [1.165, 1.54) is 6.07 Å². The molecule has 0 aliphatic rings. The third kappa shape index (κ3) is 3.75. The Morgan fingerprint density at radius 3 is 2.53 bits per heavy atom. The zero-order valence-corrected chi connectivity index (χ0v) is 11.1. The summed E-state index contributed by atoms with van der Waals surface area (Å²) >= 11 is 0. The summed E-state index contributed by atoms with van der Waals surface area (Å²) in [5, 5.41) is 14.2. The summed E-state index contributed by atoms with van der Waals surface area (Å²) in [5.74, 6) is 1.40. The highest BCUT2D eigenvalue weighted by atomic mass is 16.4. The fraction of sp³-hybridized carbons (Fsp3) is 0.286. The molecule has 1 aromatic carbocycles. The van der Waals surface area contributed by atoms with Crippen molar-refractivity contribution < 1.29 is 14.7 Å². The van der Waals surface area contributed by atoms with E-state index in [4.69, 9.17) is 11.5 Å². The summed E-state index contributed by atoms with van der Waals surface area (Å²) in [5.41, 5.74) is 0.297. The normalized spacial score (nSPS) is 10.4. The van der Waals surface area contributed by atoms with Gasteiger partial charge < -0.3 is 15.7 Å². The molecule has 100 valence electrons. The molecular weight excluding hydrogens is 244 g/mol. The first-order valence-electron chi connectivity index (χ1n) is 5.66. The number of anilines is 1. The van der Waals surface area contributed by atoms with E-state index in [0.717, 1.165) is 0 Å². The molecule has 1 rings (SSSR count). The average Bonchev–Trinajstić information content (AvgIpc) is 2.30. The van der Waals surface area contributed by atoms with Crippen LogP contribution >= 0.6 is 0 Å². The molecule has 0 aliphatic carbocycles. The summed E-state index contributed by atoms with van der Waals surface area (Å²) in [7, 11) is 0. The molecular formula is C14H16N2O3. The lowest BCUT2D eigenvalue weighted by molar-refractivity contribution is 0.0696. The Hall–Kier alpha value is -2.48. The third-order valence-corrected chi connectivity index (χ3v) is 2.60. The van der Waals surface area contributed by atoms with Gasteiger partial charge in [-0.25, -0.2) is 9.59 Å². The average molecular weight is 260 g/mol. The van der Waals surface area contributed by atoms with E-state index < -0.39 is 17.5 Å². The van der Waals surface area contributed by atoms with Crippen molar-refractivity contribution in [2.75, 3.05) is 5.32 Å². The number of aromatic carboxylic acids is 1. The van der Waals surface area contributed by atoms with Crippen LogP contribution in [0.15, 0.2) is 18.2 Å². The van der Waals surface area contributed by atoms with Gasteiger partial charge in [0.15, 0.2) is 0 Å². The van der Waals surface area contributed by atoms with Crippen molar-refractivity contribution in [1.29, 1.82) is 0 Å². The fourth-order valence-electron chi connectivity index (χ4n) is 1.48. The summed E-state index contributed by atoms with van der Waals surface area (Å²) in [6.45, 7) is 5.01. The predicted octanol–water partition coefficient (Wildman–Crippen LogP) is 2.23. The van der Waals surface area contributed by atoms with E-state index in [1.807, 2.05) is 0 Å². The monoisotopic (exact) mass is 260 g/mol. The van der Waals surface area contributed by atoms with Crippen LogP contribution in [0, 0.1) is 19.3 Å². The molecule has 0 aliphatic heterocycles. The first kappa shape index (κ1) is 14.6. The van der Waals surface area contributed by atoms with Gasteiger partial charge in [-0.05, 0) is 38.5 Å². The van der Waals surface area contributed by atoms with Crippen LogP contribution in [0.2, 0.25) is 0 Å². The zero-order chi connectivity index (χ0) is 14.6. The minimum Gasteiger partial charge on any atom is -0.478 e. The third-order valence-electron chi connectivity index (χ3n) is 2.60. The van der Waals surface area contributed by atoms with Crippen molar-refractivity contribution >= 4 is 17.7 Å². The molecule has 0 radical (unpaired) electrons. The van der Waals surface area contributed by atoms with Crippen LogP contribution in [0.4, 0.5) is 10.5 Å². The van der Waals surface area contributed by atoms with Gasteiger partial charge in [0, 0.05) is 5.69 Å². The van der Waals surface area contributed by atoms with E-state index in [1.54, 1.807) is 32.9 Å². The molecule has 5 nitrogen and oxygen atoms in total. The van der Waals surface area contributed by atoms with E-state index in [2.05, 4.69) is 16.6 Å².